The fraction of sp³-hybridized carbons (Fsp3) is 0.750. The molecule has 0 spiro atoms. The fourth-order valence-corrected chi connectivity index (χ4v) is 1.96. The summed E-state index contributed by atoms with van der Waals surface area (Å²) < 4.78 is 4.90. The van der Waals surface area contributed by atoms with E-state index in [2.05, 4.69) is 5.32 Å². The van der Waals surface area contributed by atoms with Gasteiger partial charge in [-0.2, -0.15) is 0 Å². The normalized spacial score (nSPS) is 18.7. The standard InChI is InChI=1S/C12H20N2O5/c1-19-6-5-14-8-9(7-10(14)15)12(18)13-4-2-3-11(16)17/h9H,2-8H2,1H3,(H,13,18)(H,16,17). The largest absolute Gasteiger partial charge is 0.481 e. The van der Waals surface area contributed by atoms with Gasteiger partial charge in [0.2, 0.25) is 11.8 Å². The second-order valence-electron chi connectivity index (χ2n) is 4.52. The number of aliphatic carboxylic acids is 1. The Balaban J connectivity index is 2.26. The number of amides is 2. The van der Waals surface area contributed by atoms with Gasteiger partial charge in [-0.15, -0.1) is 0 Å². The molecular weight excluding hydrogens is 252 g/mol. The number of carbonyl (C=O) groups is 3. The van der Waals surface area contributed by atoms with Crippen molar-refractivity contribution in [2.24, 2.45) is 5.92 Å². The highest BCUT2D eigenvalue weighted by Gasteiger charge is 2.33. The molecule has 0 bridgehead atoms. The summed E-state index contributed by atoms with van der Waals surface area (Å²) in [6.45, 7) is 1.69. The molecule has 0 radical (unpaired) electrons. The van der Waals surface area contributed by atoms with Crippen LogP contribution in [-0.2, 0) is 19.1 Å². The van der Waals surface area contributed by atoms with Crippen LogP contribution in [0.4, 0.5) is 0 Å². The number of carboxylic acids is 1. The van der Waals surface area contributed by atoms with Gasteiger partial charge < -0.3 is 20.1 Å². The van der Waals surface area contributed by atoms with E-state index >= 15 is 0 Å². The predicted molar refractivity (Wildman–Crippen MR) is 66.4 cm³/mol. The Hall–Kier alpha value is -1.63. The van der Waals surface area contributed by atoms with Crippen LogP contribution < -0.4 is 5.32 Å². The molecule has 0 aromatic rings. The summed E-state index contributed by atoms with van der Waals surface area (Å²) in [6.07, 6.45) is 0.646. The second-order valence-corrected chi connectivity index (χ2v) is 4.52. The van der Waals surface area contributed by atoms with Gasteiger partial charge in [0.15, 0.2) is 0 Å². The quantitative estimate of drug-likeness (QED) is 0.579. The average Bonchev–Trinajstić information content (AvgIpc) is 2.73. The van der Waals surface area contributed by atoms with E-state index in [1.54, 1.807) is 12.0 Å². The molecule has 108 valence electrons. The van der Waals surface area contributed by atoms with Crippen molar-refractivity contribution in [1.29, 1.82) is 0 Å². The molecule has 0 aliphatic carbocycles. The lowest BCUT2D eigenvalue weighted by Gasteiger charge is -2.15. The van der Waals surface area contributed by atoms with E-state index in [1.165, 1.54) is 0 Å². The van der Waals surface area contributed by atoms with Crippen molar-refractivity contribution >= 4 is 17.8 Å². The van der Waals surface area contributed by atoms with Crippen LogP contribution in [0.25, 0.3) is 0 Å². The Morgan fingerprint density at radius 3 is 2.89 bits per heavy atom. The van der Waals surface area contributed by atoms with E-state index < -0.39 is 5.97 Å². The van der Waals surface area contributed by atoms with Gasteiger partial charge in [0.25, 0.3) is 0 Å². The highest BCUT2D eigenvalue weighted by molar-refractivity contribution is 5.89. The van der Waals surface area contributed by atoms with Crippen molar-refractivity contribution in [3.8, 4) is 0 Å². The molecule has 0 aromatic carbocycles. The van der Waals surface area contributed by atoms with Crippen molar-refractivity contribution in [3.63, 3.8) is 0 Å². The Kier molecular flexibility index (Phi) is 6.27. The first-order valence-corrected chi connectivity index (χ1v) is 6.30. The zero-order valence-corrected chi connectivity index (χ0v) is 11.1. The molecule has 7 heteroatoms. The number of rotatable bonds is 8. The topological polar surface area (TPSA) is 95.9 Å². The van der Waals surface area contributed by atoms with Crippen LogP contribution >= 0.6 is 0 Å². The SMILES string of the molecule is COCCN1CC(C(=O)NCCCC(=O)O)CC1=O. The van der Waals surface area contributed by atoms with Crippen LogP contribution in [0.5, 0.6) is 0 Å². The van der Waals surface area contributed by atoms with Gasteiger partial charge in [0.1, 0.15) is 0 Å². The Bertz CT molecular complexity index is 345. The van der Waals surface area contributed by atoms with Crippen molar-refractivity contribution < 1.29 is 24.2 Å². The number of nitrogens with one attached hydrogen (secondary N) is 1. The van der Waals surface area contributed by atoms with E-state index in [1.807, 2.05) is 0 Å². The number of hydrogen-bond donors (Lipinski definition) is 2. The lowest BCUT2D eigenvalue weighted by atomic mass is 10.1. The van der Waals surface area contributed by atoms with Gasteiger partial charge >= 0.3 is 5.97 Å². The van der Waals surface area contributed by atoms with Crippen LogP contribution in [0, 0.1) is 5.92 Å². The van der Waals surface area contributed by atoms with Crippen LogP contribution in [0.15, 0.2) is 0 Å². The lowest BCUT2D eigenvalue weighted by Crippen LogP contribution is -2.34. The van der Waals surface area contributed by atoms with Gasteiger partial charge in [0, 0.05) is 39.6 Å². The van der Waals surface area contributed by atoms with Crippen LogP contribution in [0.3, 0.4) is 0 Å². The monoisotopic (exact) mass is 272 g/mol. The van der Waals surface area contributed by atoms with E-state index in [-0.39, 0.29) is 30.6 Å². The molecule has 19 heavy (non-hydrogen) atoms. The first-order chi connectivity index (χ1) is 9.04. The lowest BCUT2D eigenvalue weighted by molar-refractivity contribution is -0.137. The molecule has 1 rings (SSSR count). The molecule has 1 saturated heterocycles. The zero-order valence-electron chi connectivity index (χ0n) is 11.1. The van der Waals surface area contributed by atoms with E-state index in [4.69, 9.17) is 9.84 Å². The molecule has 1 heterocycles. The summed E-state index contributed by atoms with van der Waals surface area (Å²) in [5.74, 6) is -1.44. The maximum Gasteiger partial charge on any atom is 0.303 e. The smallest absolute Gasteiger partial charge is 0.303 e. The minimum atomic E-state index is -0.879. The van der Waals surface area contributed by atoms with Gasteiger partial charge in [-0.25, -0.2) is 0 Å². The molecular formula is C12H20N2O5. The van der Waals surface area contributed by atoms with E-state index in [0.29, 0.717) is 32.7 Å². The van der Waals surface area contributed by atoms with Crippen molar-refractivity contribution in [2.75, 3.05) is 33.4 Å². The first kappa shape index (κ1) is 15.4. The predicted octanol–water partition coefficient (Wildman–Crippen LogP) is -0.538. The Morgan fingerprint density at radius 1 is 1.53 bits per heavy atom. The van der Waals surface area contributed by atoms with Crippen molar-refractivity contribution in [2.45, 2.75) is 19.3 Å². The maximum absolute atomic E-state index is 11.8. The zero-order chi connectivity index (χ0) is 14.3. The number of methoxy groups -OCH3 is 1. The third-order valence-corrected chi connectivity index (χ3v) is 3.02. The van der Waals surface area contributed by atoms with Crippen molar-refractivity contribution in [1.82, 2.24) is 10.2 Å². The average molecular weight is 272 g/mol. The summed E-state index contributed by atoms with van der Waals surface area (Å²) in [6, 6.07) is 0. The third kappa shape index (κ3) is 5.25. The van der Waals surface area contributed by atoms with Gasteiger partial charge in [-0.1, -0.05) is 0 Å². The molecule has 0 aromatic heterocycles. The molecule has 1 atom stereocenters. The van der Waals surface area contributed by atoms with Gasteiger partial charge in [-0.3, -0.25) is 14.4 Å². The summed E-state index contributed by atoms with van der Waals surface area (Å²) in [7, 11) is 1.56. The number of carboxylic acid groups (broad SMARTS) is 1. The van der Waals surface area contributed by atoms with E-state index in [0.717, 1.165) is 0 Å². The summed E-state index contributed by atoms with van der Waals surface area (Å²) in [4.78, 5) is 35.3. The Morgan fingerprint density at radius 2 is 2.26 bits per heavy atom. The molecule has 1 fully saturated rings. The van der Waals surface area contributed by atoms with Crippen LogP contribution in [-0.4, -0.2) is 61.1 Å². The third-order valence-electron chi connectivity index (χ3n) is 3.02. The fourth-order valence-electron chi connectivity index (χ4n) is 1.96. The molecule has 2 amide bonds. The number of hydrogen-bond acceptors (Lipinski definition) is 4. The van der Waals surface area contributed by atoms with Gasteiger partial charge in [0.05, 0.1) is 12.5 Å². The first-order valence-electron chi connectivity index (χ1n) is 6.30. The van der Waals surface area contributed by atoms with E-state index in [9.17, 15) is 14.4 Å². The minimum absolute atomic E-state index is 0.0316. The Labute approximate surface area is 111 Å². The van der Waals surface area contributed by atoms with Gasteiger partial charge in [-0.05, 0) is 6.42 Å². The van der Waals surface area contributed by atoms with Crippen LogP contribution in [0.1, 0.15) is 19.3 Å². The van der Waals surface area contributed by atoms with Crippen LogP contribution in [0.2, 0.25) is 0 Å². The number of carbonyl (C=O) groups excluding carboxylic acids is 2. The highest BCUT2D eigenvalue weighted by atomic mass is 16.5. The molecule has 1 aliphatic heterocycles. The van der Waals surface area contributed by atoms with Crippen molar-refractivity contribution in [3.05, 3.63) is 0 Å². The summed E-state index contributed by atoms with van der Waals surface area (Å²) in [5, 5.41) is 11.1. The number of nitrogens with zero attached hydrogens (tertiary/aromatic N) is 1. The molecule has 7 nitrogen and oxygen atoms in total. The number of ether oxygens (including phenoxy) is 1. The maximum atomic E-state index is 11.8. The molecule has 1 unspecified atom stereocenters. The molecule has 1 aliphatic rings. The highest BCUT2D eigenvalue weighted by Crippen LogP contribution is 2.17. The summed E-state index contributed by atoms with van der Waals surface area (Å²) in [5.41, 5.74) is 0. The second kappa shape index (κ2) is 7.73. The molecule has 2 N–H and O–H groups in total. The number of likely N-dealkylation sites (tertiary alicyclic amines) is 1. The summed E-state index contributed by atoms with van der Waals surface area (Å²) >= 11 is 0. The minimum Gasteiger partial charge on any atom is -0.481 e. The molecule has 0 saturated carbocycles.